The fourth-order valence-corrected chi connectivity index (χ4v) is 3.07. The Morgan fingerprint density at radius 2 is 2.00 bits per heavy atom. The van der Waals surface area contributed by atoms with Crippen molar-refractivity contribution in [1.82, 2.24) is 24.9 Å². The van der Waals surface area contributed by atoms with E-state index >= 15 is 0 Å². The standard InChI is InChI=1S/C18H18N6/c1-24(12-13-11-19-9-10-20-13)18-14-5-4-7-15(14)22-17(23-18)16-6-2-3-8-21-16/h2-3,6,8-11H,4-5,7,12H2,1H3. The molecular weight excluding hydrogens is 300 g/mol. The van der Waals surface area contributed by atoms with Gasteiger partial charge in [0.1, 0.15) is 11.5 Å². The molecular formula is C18H18N6. The number of aromatic nitrogens is 5. The topological polar surface area (TPSA) is 67.7 Å². The van der Waals surface area contributed by atoms with Gasteiger partial charge in [-0.15, -0.1) is 0 Å². The van der Waals surface area contributed by atoms with Crippen LogP contribution in [0.5, 0.6) is 0 Å². The molecule has 3 aromatic heterocycles. The maximum absolute atomic E-state index is 4.81. The fraction of sp³-hybridized carbons (Fsp3) is 0.278. The lowest BCUT2D eigenvalue weighted by Gasteiger charge is -2.21. The van der Waals surface area contributed by atoms with Crippen LogP contribution in [0.1, 0.15) is 23.4 Å². The minimum Gasteiger partial charge on any atom is -0.353 e. The normalized spacial score (nSPS) is 12.9. The van der Waals surface area contributed by atoms with E-state index in [0.29, 0.717) is 12.4 Å². The molecule has 0 fully saturated rings. The van der Waals surface area contributed by atoms with Gasteiger partial charge >= 0.3 is 0 Å². The summed E-state index contributed by atoms with van der Waals surface area (Å²) in [7, 11) is 2.04. The predicted molar refractivity (Wildman–Crippen MR) is 91.4 cm³/mol. The Hall–Kier alpha value is -2.89. The predicted octanol–water partition coefficient (Wildman–Crippen LogP) is 2.45. The molecule has 0 bridgehead atoms. The molecule has 4 rings (SSSR count). The van der Waals surface area contributed by atoms with Gasteiger partial charge in [-0.25, -0.2) is 9.97 Å². The summed E-state index contributed by atoms with van der Waals surface area (Å²) >= 11 is 0. The molecule has 0 N–H and O–H groups in total. The minimum absolute atomic E-state index is 0.666. The molecule has 120 valence electrons. The van der Waals surface area contributed by atoms with Crippen LogP contribution in [-0.2, 0) is 19.4 Å². The van der Waals surface area contributed by atoms with Crippen LogP contribution in [0.4, 0.5) is 5.82 Å². The summed E-state index contributed by atoms with van der Waals surface area (Å²) < 4.78 is 0. The monoisotopic (exact) mass is 318 g/mol. The van der Waals surface area contributed by atoms with Crippen molar-refractivity contribution < 1.29 is 0 Å². The Labute approximate surface area is 140 Å². The van der Waals surface area contributed by atoms with Gasteiger partial charge in [0.15, 0.2) is 5.82 Å². The summed E-state index contributed by atoms with van der Waals surface area (Å²) in [6.45, 7) is 0.666. The second kappa shape index (κ2) is 6.31. The number of hydrogen-bond acceptors (Lipinski definition) is 6. The van der Waals surface area contributed by atoms with E-state index in [2.05, 4.69) is 19.9 Å². The Kier molecular flexibility index (Phi) is 3.86. The maximum Gasteiger partial charge on any atom is 0.180 e. The Morgan fingerprint density at radius 1 is 1.04 bits per heavy atom. The summed E-state index contributed by atoms with van der Waals surface area (Å²) in [4.78, 5) is 24.6. The number of pyridine rings is 1. The van der Waals surface area contributed by atoms with Crippen LogP contribution >= 0.6 is 0 Å². The van der Waals surface area contributed by atoms with Crippen LogP contribution in [0.3, 0.4) is 0 Å². The van der Waals surface area contributed by atoms with E-state index in [9.17, 15) is 0 Å². The number of rotatable bonds is 4. The zero-order chi connectivity index (χ0) is 16.4. The smallest absolute Gasteiger partial charge is 0.180 e. The van der Waals surface area contributed by atoms with E-state index in [1.54, 1.807) is 24.8 Å². The number of fused-ring (bicyclic) bond motifs is 1. The first-order chi connectivity index (χ1) is 11.8. The molecule has 0 unspecified atom stereocenters. The molecule has 0 saturated heterocycles. The summed E-state index contributed by atoms with van der Waals surface area (Å²) in [5.74, 6) is 1.67. The van der Waals surface area contributed by atoms with E-state index in [1.807, 2.05) is 25.2 Å². The van der Waals surface area contributed by atoms with Gasteiger partial charge in [-0.1, -0.05) is 6.07 Å². The van der Waals surface area contributed by atoms with Gasteiger partial charge in [-0.3, -0.25) is 15.0 Å². The zero-order valence-electron chi connectivity index (χ0n) is 13.6. The van der Waals surface area contributed by atoms with Crippen LogP contribution in [0, 0.1) is 0 Å². The van der Waals surface area contributed by atoms with Crippen molar-refractivity contribution in [2.24, 2.45) is 0 Å². The molecule has 0 aliphatic heterocycles. The zero-order valence-corrected chi connectivity index (χ0v) is 13.6. The third kappa shape index (κ3) is 2.82. The van der Waals surface area contributed by atoms with Gasteiger partial charge < -0.3 is 4.90 Å². The van der Waals surface area contributed by atoms with E-state index in [4.69, 9.17) is 9.97 Å². The first-order valence-electron chi connectivity index (χ1n) is 8.08. The van der Waals surface area contributed by atoms with E-state index in [0.717, 1.165) is 42.2 Å². The molecule has 3 aromatic rings. The number of anilines is 1. The molecule has 0 spiro atoms. The number of aryl methyl sites for hydroxylation is 1. The average Bonchev–Trinajstić information content (AvgIpc) is 3.11. The molecule has 1 aliphatic rings. The summed E-state index contributed by atoms with van der Waals surface area (Å²) in [5, 5.41) is 0. The fourth-order valence-electron chi connectivity index (χ4n) is 3.07. The van der Waals surface area contributed by atoms with Gasteiger partial charge in [0.05, 0.1) is 18.4 Å². The summed E-state index contributed by atoms with van der Waals surface area (Å²) in [6.07, 6.45) is 10.1. The number of nitrogens with zero attached hydrogens (tertiary/aromatic N) is 6. The third-order valence-corrected chi connectivity index (χ3v) is 4.18. The van der Waals surface area contributed by atoms with Gasteiger partial charge in [0.2, 0.25) is 0 Å². The largest absolute Gasteiger partial charge is 0.353 e. The van der Waals surface area contributed by atoms with Crippen LogP contribution in [0.2, 0.25) is 0 Å². The van der Waals surface area contributed by atoms with Crippen molar-refractivity contribution >= 4 is 5.82 Å². The first kappa shape index (κ1) is 14.7. The molecule has 0 aromatic carbocycles. The molecule has 0 radical (unpaired) electrons. The van der Waals surface area contributed by atoms with Crippen LogP contribution in [0.25, 0.3) is 11.5 Å². The highest BCUT2D eigenvalue weighted by Crippen LogP contribution is 2.30. The van der Waals surface area contributed by atoms with Crippen molar-refractivity contribution in [1.29, 1.82) is 0 Å². The maximum atomic E-state index is 4.81. The van der Waals surface area contributed by atoms with Crippen molar-refractivity contribution in [3.63, 3.8) is 0 Å². The lowest BCUT2D eigenvalue weighted by molar-refractivity contribution is 0.840. The van der Waals surface area contributed by atoms with Gasteiger partial charge in [0, 0.05) is 36.9 Å². The lowest BCUT2D eigenvalue weighted by atomic mass is 10.2. The molecule has 0 amide bonds. The summed E-state index contributed by atoms with van der Waals surface area (Å²) in [6, 6.07) is 5.81. The van der Waals surface area contributed by atoms with Crippen molar-refractivity contribution in [3.05, 3.63) is 59.9 Å². The van der Waals surface area contributed by atoms with E-state index in [1.165, 1.54) is 5.56 Å². The molecule has 0 saturated carbocycles. The third-order valence-electron chi connectivity index (χ3n) is 4.18. The first-order valence-corrected chi connectivity index (χ1v) is 8.08. The van der Waals surface area contributed by atoms with E-state index < -0.39 is 0 Å². The molecule has 1 aliphatic carbocycles. The van der Waals surface area contributed by atoms with Gasteiger partial charge in [-0.2, -0.15) is 0 Å². The SMILES string of the molecule is CN(Cc1cnccn1)c1nc(-c2ccccn2)nc2c1CCC2. The van der Waals surface area contributed by atoms with Gasteiger partial charge in [-0.05, 0) is 31.4 Å². The highest BCUT2D eigenvalue weighted by Gasteiger charge is 2.22. The highest BCUT2D eigenvalue weighted by atomic mass is 15.2. The summed E-state index contributed by atoms with van der Waals surface area (Å²) in [5.41, 5.74) is 4.12. The molecule has 3 heterocycles. The molecule has 24 heavy (non-hydrogen) atoms. The Bertz CT molecular complexity index is 835. The molecule has 6 nitrogen and oxygen atoms in total. The minimum atomic E-state index is 0.666. The average molecular weight is 318 g/mol. The van der Waals surface area contributed by atoms with Crippen molar-refractivity contribution in [2.75, 3.05) is 11.9 Å². The van der Waals surface area contributed by atoms with Crippen molar-refractivity contribution in [2.45, 2.75) is 25.8 Å². The Morgan fingerprint density at radius 3 is 2.79 bits per heavy atom. The second-order valence-electron chi connectivity index (χ2n) is 5.92. The number of hydrogen-bond donors (Lipinski definition) is 0. The molecule has 0 atom stereocenters. The quantitative estimate of drug-likeness (QED) is 0.736. The lowest BCUT2D eigenvalue weighted by Crippen LogP contribution is -2.21. The van der Waals surface area contributed by atoms with Crippen LogP contribution in [-0.4, -0.2) is 32.0 Å². The highest BCUT2D eigenvalue weighted by molar-refractivity contribution is 5.58. The second-order valence-corrected chi connectivity index (χ2v) is 5.92. The Balaban J connectivity index is 1.73. The van der Waals surface area contributed by atoms with Crippen molar-refractivity contribution in [3.8, 4) is 11.5 Å². The van der Waals surface area contributed by atoms with Crippen LogP contribution < -0.4 is 4.90 Å². The molecule has 6 heteroatoms. The van der Waals surface area contributed by atoms with Gasteiger partial charge in [0.25, 0.3) is 0 Å². The van der Waals surface area contributed by atoms with E-state index in [-0.39, 0.29) is 0 Å². The van der Waals surface area contributed by atoms with Crippen LogP contribution in [0.15, 0.2) is 43.0 Å².